The van der Waals surface area contributed by atoms with Crippen molar-refractivity contribution in [1.29, 1.82) is 0 Å². The molecule has 1 amide bonds. The summed E-state index contributed by atoms with van der Waals surface area (Å²) in [7, 11) is 1.69. The number of carboxylic acid groups (broad SMARTS) is 1. The van der Waals surface area contributed by atoms with Gasteiger partial charge in [0.1, 0.15) is 0 Å². The van der Waals surface area contributed by atoms with Crippen LogP contribution in [0.1, 0.15) is 18.1 Å². The van der Waals surface area contributed by atoms with Gasteiger partial charge in [0.2, 0.25) is 5.91 Å². The van der Waals surface area contributed by atoms with E-state index in [1.54, 1.807) is 18.9 Å². The Morgan fingerprint density at radius 3 is 1.76 bits per heavy atom. The van der Waals surface area contributed by atoms with Crippen molar-refractivity contribution in [3.8, 4) is 0 Å². The largest absolute Gasteiger partial charge is 0.481 e. The Morgan fingerprint density at radius 1 is 0.920 bits per heavy atom. The van der Waals surface area contributed by atoms with E-state index in [-0.39, 0.29) is 18.4 Å². The van der Waals surface area contributed by atoms with Crippen LogP contribution in [0.2, 0.25) is 0 Å². The van der Waals surface area contributed by atoms with Crippen LogP contribution in [0.5, 0.6) is 0 Å². The summed E-state index contributed by atoms with van der Waals surface area (Å²) >= 11 is 0. The third-order valence-electron chi connectivity index (χ3n) is 4.34. The number of benzene rings is 2. The number of aliphatic carboxylic acids is 1. The number of carbonyl (C=O) groups excluding carboxylic acids is 1. The Labute approximate surface area is 149 Å². The van der Waals surface area contributed by atoms with Crippen LogP contribution in [-0.2, 0) is 22.4 Å². The molecule has 132 valence electrons. The van der Waals surface area contributed by atoms with Gasteiger partial charge in [-0.25, -0.2) is 0 Å². The summed E-state index contributed by atoms with van der Waals surface area (Å²) < 4.78 is 0. The minimum absolute atomic E-state index is 0.0131. The average Bonchev–Trinajstić information content (AvgIpc) is 2.62. The van der Waals surface area contributed by atoms with E-state index in [1.165, 1.54) is 0 Å². The molecule has 2 rings (SSSR count). The SMILES string of the molecule is CC(CN(C)C(=O)C(Cc1ccccc1)Cc1ccccc1)C(=O)O. The molecule has 25 heavy (non-hydrogen) atoms. The van der Waals surface area contributed by atoms with Crippen LogP contribution in [0.15, 0.2) is 60.7 Å². The molecule has 0 saturated carbocycles. The summed E-state index contributed by atoms with van der Waals surface area (Å²) in [6.07, 6.45) is 1.28. The molecule has 1 atom stereocenters. The highest BCUT2D eigenvalue weighted by Crippen LogP contribution is 2.18. The smallest absolute Gasteiger partial charge is 0.308 e. The maximum atomic E-state index is 12.9. The number of hydrogen-bond acceptors (Lipinski definition) is 2. The molecule has 1 N–H and O–H groups in total. The summed E-state index contributed by atoms with van der Waals surface area (Å²) in [6.45, 7) is 1.84. The number of hydrogen-bond donors (Lipinski definition) is 1. The van der Waals surface area contributed by atoms with E-state index in [9.17, 15) is 9.59 Å². The van der Waals surface area contributed by atoms with Crippen LogP contribution in [0.4, 0.5) is 0 Å². The summed E-state index contributed by atoms with van der Waals surface area (Å²) in [5.41, 5.74) is 2.22. The Kier molecular flexibility index (Phi) is 6.75. The Bertz CT molecular complexity index is 643. The molecule has 0 aromatic heterocycles. The van der Waals surface area contributed by atoms with Crippen LogP contribution in [-0.4, -0.2) is 35.5 Å². The molecule has 0 spiro atoms. The van der Waals surface area contributed by atoms with Crippen molar-refractivity contribution in [2.45, 2.75) is 19.8 Å². The molecule has 4 heteroatoms. The summed E-state index contributed by atoms with van der Waals surface area (Å²) in [5.74, 6) is -1.69. The lowest BCUT2D eigenvalue weighted by Crippen LogP contribution is -2.39. The van der Waals surface area contributed by atoms with Crippen molar-refractivity contribution in [3.05, 3.63) is 71.8 Å². The van der Waals surface area contributed by atoms with E-state index in [1.807, 2.05) is 60.7 Å². The van der Waals surface area contributed by atoms with Crippen molar-refractivity contribution in [1.82, 2.24) is 4.90 Å². The highest BCUT2D eigenvalue weighted by atomic mass is 16.4. The van der Waals surface area contributed by atoms with Crippen LogP contribution >= 0.6 is 0 Å². The molecule has 0 radical (unpaired) electrons. The van der Waals surface area contributed by atoms with E-state index >= 15 is 0 Å². The lowest BCUT2D eigenvalue weighted by atomic mass is 9.91. The quantitative estimate of drug-likeness (QED) is 0.803. The van der Waals surface area contributed by atoms with Crippen molar-refractivity contribution in [2.75, 3.05) is 13.6 Å². The summed E-state index contributed by atoms with van der Waals surface area (Å²) in [6, 6.07) is 19.9. The second-order valence-corrected chi connectivity index (χ2v) is 6.53. The van der Waals surface area contributed by atoms with E-state index in [0.29, 0.717) is 12.8 Å². The molecule has 1 unspecified atom stereocenters. The van der Waals surface area contributed by atoms with Gasteiger partial charge in [-0.05, 0) is 24.0 Å². The molecule has 0 saturated heterocycles. The molecule has 4 nitrogen and oxygen atoms in total. The first kappa shape index (κ1) is 18.7. The van der Waals surface area contributed by atoms with Crippen molar-refractivity contribution in [2.24, 2.45) is 11.8 Å². The average molecular weight is 339 g/mol. The predicted molar refractivity (Wildman–Crippen MR) is 98.2 cm³/mol. The normalized spacial score (nSPS) is 12.0. The zero-order valence-electron chi connectivity index (χ0n) is 14.8. The fourth-order valence-corrected chi connectivity index (χ4v) is 2.93. The van der Waals surface area contributed by atoms with E-state index in [0.717, 1.165) is 11.1 Å². The first-order valence-electron chi connectivity index (χ1n) is 8.53. The van der Waals surface area contributed by atoms with Crippen LogP contribution in [0, 0.1) is 11.8 Å². The fraction of sp³-hybridized carbons (Fsp3) is 0.333. The van der Waals surface area contributed by atoms with Crippen molar-refractivity contribution < 1.29 is 14.7 Å². The van der Waals surface area contributed by atoms with Gasteiger partial charge in [-0.1, -0.05) is 67.6 Å². The van der Waals surface area contributed by atoms with Crippen LogP contribution in [0.3, 0.4) is 0 Å². The standard InChI is InChI=1S/C21H25NO3/c1-16(21(24)25)15-22(2)20(23)19(13-17-9-5-3-6-10-17)14-18-11-7-4-8-12-18/h3-12,16,19H,13-15H2,1-2H3,(H,24,25). The molecule has 0 aliphatic heterocycles. The number of carbonyl (C=O) groups is 2. The summed E-state index contributed by atoms with van der Waals surface area (Å²) in [4.78, 5) is 25.6. The molecule has 0 aliphatic carbocycles. The topological polar surface area (TPSA) is 57.6 Å². The van der Waals surface area contributed by atoms with Crippen LogP contribution < -0.4 is 0 Å². The van der Waals surface area contributed by atoms with Gasteiger partial charge in [0.25, 0.3) is 0 Å². The van der Waals surface area contributed by atoms with Gasteiger partial charge >= 0.3 is 5.97 Å². The lowest BCUT2D eigenvalue weighted by molar-refractivity contribution is -0.143. The fourth-order valence-electron chi connectivity index (χ4n) is 2.93. The van der Waals surface area contributed by atoms with Gasteiger partial charge in [-0.3, -0.25) is 9.59 Å². The second kappa shape index (κ2) is 9.02. The molecule has 0 aliphatic rings. The van der Waals surface area contributed by atoms with E-state index in [4.69, 9.17) is 5.11 Å². The monoisotopic (exact) mass is 339 g/mol. The first-order valence-corrected chi connectivity index (χ1v) is 8.53. The Hall–Kier alpha value is -2.62. The number of nitrogens with zero attached hydrogens (tertiary/aromatic N) is 1. The Morgan fingerprint density at radius 2 is 1.36 bits per heavy atom. The number of carboxylic acids is 1. The second-order valence-electron chi connectivity index (χ2n) is 6.53. The van der Waals surface area contributed by atoms with Gasteiger partial charge in [-0.15, -0.1) is 0 Å². The molecule has 0 bridgehead atoms. The molecule has 2 aromatic carbocycles. The van der Waals surface area contributed by atoms with Gasteiger partial charge < -0.3 is 10.0 Å². The first-order chi connectivity index (χ1) is 12.0. The highest BCUT2D eigenvalue weighted by molar-refractivity contribution is 5.80. The maximum absolute atomic E-state index is 12.9. The minimum Gasteiger partial charge on any atom is -0.481 e. The third kappa shape index (κ3) is 5.75. The van der Waals surface area contributed by atoms with E-state index < -0.39 is 11.9 Å². The Balaban J connectivity index is 2.14. The zero-order chi connectivity index (χ0) is 18.2. The molecular weight excluding hydrogens is 314 g/mol. The van der Waals surface area contributed by atoms with Crippen LogP contribution in [0.25, 0.3) is 0 Å². The highest BCUT2D eigenvalue weighted by Gasteiger charge is 2.25. The van der Waals surface area contributed by atoms with Gasteiger partial charge in [0, 0.05) is 19.5 Å². The maximum Gasteiger partial charge on any atom is 0.308 e. The molecule has 2 aromatic rings. The lowest BCUT2D eigenvalue weighted by Gasteiger charge is -2.25. The molecular formula is C21H25NO3. The number of amides is 1. The number of rotatable bonds is 8. The van der Waals surface area contributed by atoms with Gasteiger partial charge in [0.15, 0.2) is 0 Å². The van der Waals surface area contributed by atoms with Crippen molar-refractivity contribution >= 4 is 11.9 Å². The third-order valence-corrected chi connectivity index (χ3v) is 4.34. The summed E-state index contributed by atoms with van der Waals surface area (Å²) in [5, 5.41) is 9.08. The minimum atomic E-state index is -0.887. The van der Waals surface area contributed by atoms with Gasteiger partial charge in [-0.2, -0.15) is 0 Å². The predicted octanol–water partition coefficient (Wildman–Crippen LogP) is 3.27. The zero-order valence-corrected chi connectivity index (χ0v) is 14.8. The van der Waals surface area contributed by atoms with Gasteiger partial charge in [0.05, 0.1) is 5.92 Å². The molecule has 0 heterocycles. The molecule has 0 fully saturated rings. The van der Waals surface area contributed by atoms with E-state index in [2.05, 4.69) is 0 Å². The van der Waals surface area contributed by atoms with Crippen molar-refractivity contribution in [3.63, 3.8) is 0 Å².